The predicted octanol–water partition coefficient (Wildman–Crippen LogP) is 4.27. The Labute approximate surface area is 135 Å². The molecular formula is C17H20ClNOS. The molecule has 1 atom stereocenters. The van der Waals surface area contributed by atoms with E-state index in [2.05, 4.69) is 29.6 Å². The zero-order valence-corrected chi connectivity index (χ0v) is 13.9. The van der Waals surface area contributed by atoms with Crippen molar-refractivity contribution in [3.63, 3.8) is 0 Å². The van der Waals surface area contributed by atoms with E-state index in [1.165, 1.54) is 4.90 Å². The van der Waals surface area contributed by atoms with E-state index in [9.17, 15) is 0 Å². The molecule has 0 saturated heterocycles. The first-order valence-electron chi connectivity index (χ1n) is 6.90. The van der Waals surface area contributed by atoms with Gasteiger partial charge in [-0.25, -0.2) is 0 Å². The molecule has 0 heterocycles. The highest BCUT2D eigenvalue weighted by Crippen LogP contribution is 2.25. The second-order valence-electron chi connectivity index (χ2n) is 4.77. The number of benzene rings is 2. The molecule has 21 heavy (non-hydrogen) atoms. The first-order valence-corrected chi connectivity index (χ1v) is 8.27. The van der Waals surface area contributed by atoms with Gasteiger partial charge in [-0.1, -0.05) is 29.8 Å². The number of thioether (sulfide) groups is 1. The molecule has 2 rings (SSSR count). The lowest BCUT2D eigenvalue weighted by Crippen LogP contribution is -2.30. The lowest BCUT2D eigenvalue weighted by molar-refractivity contribution is 0.407. The molecular weight excluding hydrogens is 302 g/mol. The van der Waals surface area contributed by atoms with Crippen LogP contribution in [0.25, 0.3) is 0 Å². The molecule has 112 valence electrons. The largest absolute Gasteiger partial charge is 0.496 e. The molecule has 2 aromatic carbocycles. The smallest absolute Gasteiger partial charge is 0.122 e. The molecule has 0 aliphatic rings. The highest BCUT2D eigenvalue weighted by molar-refractivity contribution is 7.99. The Morgan fingerprint density at radius 2 is 1.95 bits per heavy atom. The molecule has 0 aliphatic heterocycles. The Hall–Kier alpha value is -1.16. The van der Waals surface area contributed by atoms with Crippen LogP contribution < -0.4 is 10.1 Å². The van der Waals surface area contributed by atoms with Gasteiger partial charge >= 0.3 is 0 Å². The van der Waals surface area contributed by atoms with E-state index >= 15 is 0 Å². The van der Waals surface area contributed by atoms with Gasteiger partial charge in [0.25, 0.3) is 0 Å². The molecule has 0 saturated carbocycles. The Kier molecular flexibility index (Phi) is 6.43. The van der Waals surface area contributed by atoms with Crippen LogP contribution in [0.2, 0.25) is 5.02 Å². The molecule has 0 bridgehead atoms. The lowest BCUT2D eigenvalue weighted by Gasteiger charge is -2.18. The topological polar surface area (TPSA) is 21.3 Å². The third-order valence-electron chi connectivity index (χ3n) is 3.31. The van der Waals surface area contributed by atoms with Gasteiger partial charge in [-0.3, -0.25) is 0 Å². The van der Waals surface area contributed by atoms with Crippen molar-refractivity contribution in [1.82, 2.24) is 5.32 Å². The number of nitrogens with one attached hydrogen (secondary N) is 1. The molecule has 0 radical (unpaired) electrons. The molecule has 2 nitrogen and oxygen atoms in total. The summed E-state index contributed by atoms with van der Waals surface area (Å²) in [6.07, 6.45) is 0.889. The van der Waals surface area contributed by atoms with Crippen molar-refractivity contribution in [3.05, 3.63) is 59.1 Å². The average molecular weight is 322 g/mol. The summed E-state index contributed by atoms with van der Waals surface area (Å²) in [5.41, 5.74) is 1.14. The minimum atomic E-state index is 0.363. The van der Waals surface area contributed by atoms with Crippen molar-refractivity contribution < 1.29 is 4.74 Å². The van der Waals surface area contributed by atoms with Gasteiger partial charge in [-0.05, 0) is 49.4 Å². The monoisotopic (exact) mass is 321 g/mol. The van der Waals surface area contributed by atoms with Gasteiger partial charge in [0.1, 0.15) is 5.75 Å². The van der Waals surface area contributed by atoms with Crippen LogP contribution in [-0.2, 0) is 6.42 Å². The maximum absolute atomic E-state index is 6.09. The SMILES string of the molecule is CNC(CSc1ccccc1)Cc1cc(Cl)ccc1OC. The van der Waals surface area contributed by atoms with Crippen LogP contribution in [0, 0.1) is 0 Å². The second-order valence-corrected chi connectivity index (χ2v) is 6.30. The van der Waals surface area contributed by atoms with Gasteiger partial charge < -0.3 is 10.1 Å². The third kappa shape index (κ3) is 4.95. The van der Waals surface area contributed by atoms with Crippen molar-refractivity contribution >= 4 is 23.4 Å². The maximum atomic E-state index is 6.09. The maximum Gasteiger partial charge on any atom is 0.122 e. The van der Waals surface area contributed by atoms with E-state index in [1.54, 1.807) is 7.11 Å². The van der Waals surface area contributed by atoms with Gasteiger partial charge in [0.15, 0.2) is 0 Å². The molecule has 0 fully saturated rings. The van der Waals surface area contributed by atoms with Crippen LogP contribution in [0.5, 0.6) is 5.75 Å². The van der Waals surface area contributed by atoms with Crippen molar-refractivity contribution in [1.29, 1.82) is 0 Å². The molecule has 0 aliphatic carbocycles. The van der Waals surface area contributed by atoms with E-state index in [1.807, 2.05) is 43.1 Å². The molecule has 4 heteroatoms. The summed E-state index contributed by atoms with van der Waals surface area (Å²) in [4.78, 5) is 1.29. The molecule has 2 aromatic rings. The Bertz CT molecular complexity index is 562. The molecule has 1 unspecified atom stereocenters. The number of likely N-dealkylation sites (N-methyl/N-ethyl adjacent to an activating group) is 1. The number of halogens is 1. The zero-order valence-electron chi connectivity index (χ0n) is 12.3. The summed E-state index contributed by atoms with van der Waals surface area (Å²) >= 11 is 7.95. The van der Waals surface area contributed by atoms with Crippen molar-refractivity contribution in [2.45, 2.75) is 17.4 Å². The van der Waals surface area contributed by atoms with Gasteiger partial charge in [0, 0.05) is 21.7 Å². The van der Waals surface area contributed by atoms with E-state index in [0.717, 1.165) is 28.5 Å². The number of ether oxygens (including phenoxy) is 1. The number of hydrogen-bond acceptors (Lipinski definition) is 3. The molecule has 0 aromatic heterocycles. The van der Waals surface area contributed by atoms with Crippen molar-refractivity contribution in [2.24, 2.45) is 0 Å². The zero-order chi connectivity index (χ0) is 15.1. The number of methoxy groups -OCH3 is 1. The second kappa shape index (κ2) is 8.32. The van der Waals surface area contributed by atoms with Gasteiger partial charge in [0.2, 0.25) is 0 Å². The van der Waals surface area contributed by atoms with Crippen molar-refractivity contribution in [3.8, 4) is 5.75 Å². The van der Waals surface area contributed by atoms with Gasteiger partial charge in [-0.2, -0.15) is 0 Å². The summed E-state index contributed by atoms with van der Waals surface area (Å²) in [6.45, 7) is 0. The minimum Gasteiger partial charge on any atom is -0.496 e. The van der Waals surface area contributed by atoms with Crippen LogP contribution in [0.3, 0.4) is 0 Å². The Balaban J connectivity index is 2.00. The summed E-state index contributed by atoms with van der Waals surface area (Å²) in [7, 11) is 3.69. The van der Waals surface area contributed by atoms with E-state index in [-0.39, 0.29) is 0 Å². The lowest BCUT2D eigenvalue weighted by atomic mass is 10.1. The van der Waals surface area contributed by atoms with Gasteiger partial charge in [0.05, 0.1) is 7.11 Å². The summed E-state index contributed by atoms with van der Waals surface area (Å²) in [5.74, 6) is 1.89. The van der Waals surface area contributed by atoms with Crippen molar-refractivity contribution in [2.75, 3.05) is 19.9 Å². The quantitative estimate of drug-likeness (QED) is 0.769. The number of rotatable bonds is 7. The fraction of sp³-hybridized carbons (Fsp3) is 0.294. The van der Waals surface area contributed by atoms with Crippen LogP contribution in [0.15, 0.2) is 53.4 Å². The average Bonchev–Trinajstić information content (AvgIpc) is 2.52. The van der Waals surface area contributed by atoms with E-state index in [0.29, 0.717) is 6.04 Å². The molecule has 1 N–H and O–H groups in total. The standard InChI is InChI=1S/C17H20ClNOS/c1-19-15(12-21-16-6-4-3-5-7-16)11-13-10-14(18)8-9-17(13)20-2/h3-10,15,19H,11-12H2,1-2H3. The first kappa shape index (κ1) is 16.2. The molecule has 0 amide bonds. The van der Waals surface area contributed by atoms with Crippen LogP contribution in [-0.4, -0.2) is 26.0 Å². The summed E-state index contributed by atoms with van der Waals surface area (Å²) < 4.78 is 5.42. The van der Waals surface area contributed by atoms with Crippen LogP contribution in [0.4, 0.5) is 0 Å². The van der Waals surface area contributed by atoms with E-state index < -0.39 is 0 Å². The minimum absolute atomic E-state index is 0.363. The predicted molar refractivity (Wildman–Crippen MR) is 91.7 cm³/mol. The Morgan fingerprint density at radius 3 is 2.62 bits per heavy atom. The summed E-state index contributed by atoms with van der Waals surface area (Å²) in [5, 5.41) is 4.12. The fourth-order valence-corrected chi connectivity index (χ4v) is 3.35. The third-order valence-corrected chi connectivity index (χ3v) is 4.72. The van der Waals surface area contributed by atoms with E-state index in [4.69, 9.17) is 16.3 Å². The van der Waals surface area contributed by atoms with Gasteiger partial charge in [-0.15, -0.1) is 11.8 Å². The molecule has 0 spiro atoms. The van der Waals surface area contributed by atoms with Crippen LogP contribution in [0.1, 0.15) is 5.56 Å². The van der Waals surface area contributed by atoms with Crippen LogP contribution >= 0.6 is 23.4 Å². The first-order chi connectivity index (χ1) is 10.2. The highest BCUT2D eigenvalue weighted by atomic mass is 35.5. The highest BCUT2D eigenvalue weighted by Gasteiger charge is 2.12. The number of hydrogen-bond donors (Lipinski definition) is 1. The normalized spacial score (nSPS) is 12.1. The summed E-state index contributed by atoms with van der Waals surface area (Å²) in [6, 6.07) is 16.6. The fourth-order valence-electron chi connectivity index (χ4n) is 2.13. The Morgan fingerprint density at radius 1 is 1.19 bits per heavy atom.